The molecule has 37 heavy (non-hydrogen) atoms. The van der Waals surface area contributed by atoms with Gasteiger partial charge in [0.25, 0.3) is 11.8 Å². The van der Waals surface area contributed by atoms with Gasteiger partial charge in [0, 0.05) is 57.1 Å². The lowest BCUT2D eigenvalue weighted by Crippen LogP contribution is -2.40. The van der Waals surface area contributed by atoms with E-state index in [4.69, 9.17) is 16.3 Å². The highest BCUT2D eigenvalue weighted by atomic mass is 35.5. The van der Waals surface area contributed by atoms with Gasteiger partial charge < -0.3 is 14.5 Å². The summed E-state index contributed by atoms with van der Waals surface area (Å²) in [6.45, 7) is 5.90. The zero-order valence-electron chi connectivity index (χ0n) is 21.4. The molecule has 4 rings (SSSR count). The Morgan fingerprint density at radius 1 is 1.03 bits per heavy atom. The topological polar surface area (TPSA) is 66.0 Å². The first-order chi connectivity index (χ1) is 18.0. The summed E-state index contributed by atoms with van der Waals surface area (Å²) in [4.78, 5) is 37.7. The standard InChI is InChI=1S/C28H33ClN4O3S/c1-21-27(37-20-30-21)28(35)32-15-5-13-31(17-22-9-11-24(29)12-10-22)14-6-16-33(26(34)19-36-2)25-8-4-3-7-23(25)18-32/h3-4,7-12,20H,5-6,13-19H2,1-2H3. The Balaban J connectivity index is 1.64. The summed E-state index contributed by atoms with van der Waals surface area (Å²) in [6.07, 6.45) is 1.66. The number of carbonyl (C=O) groups excluding carboxylic acids is 2. The van der Waals surface area contributed by atoms with Gasteiger partial charge >= 0.3 is 0 Å². The molecule has 0 N–H and O–H groups in total. The molecule has 0 aliphatic carbocycles. The summed E-state index contributed by atoms with van der Waals surface area (Å²) in [6, 6.07) is 15.8. The van der Waals surface area contributed by atoms with Crippen LogP contribution in [-0.2, 0) is 22.6 Å². The van der Waals surface area contributed by atoms with Gasteiger partial charge in [-0.05, 0) is 49.1 Å². The van der Waals surface area contributed by atoms with Crippen LogP contribution in [0.2, 0.25) is 5.02 Å². The summed E-state index contributed by atoms with van der Waals surface area (Å²) >= 11 is 7.46. The van der Waals surface area contributed by atoms with Gasteiger partial charge in [0.05, 0.1) is 11.2 Å². The molecule has 0 atom stereocenters. The zero-order chi connectivity index (χ0) is 26.2. The lowest BCUT2D eigenvalue weighted by atomic mass is 10.1. The van der Waals surface area contributed by atoms with E-state index < -0.39 is 0 Å². The van der Waals surface area contributed by atoms with Crippen molar-refractivity contribution in [3.63, 3.8) is 0 Å². The van der Waals surface area contributed by atoms with Crippen LogP contribution in [0.3, 0.4) is 0 Å². The van der Waals surface area contributed by atoms with E-state index in [0.29, 0.717) is 24.5 Å². The van der Waals surface area contributed by atoms with Crippen LogP contribution in [0.5, 0.6) is 0 Å². The van der Waals surface area contributed by atoms with Gasteiger partial charge in [-0.15, -0.1) is 11.3 Å². The minimum absolute atomic E-state index is 0.00548. The van der Waals surface area contributed by atoms with Crippen LogP contribution < -0.4 is 4.90 Å². The molecule has 9 heteroatoms. The Hall–Kier alpha value is -2.78. The molecular weight excluding hydrogens is 508 g/mol. The number of hydrogen-bond donors (Lipinski definition) is 0. The van der Waals surface area contributed by atoms with Crippen LogP contribution in [0, 0.1) is 6.92 Å². The molecule has 0 saturated carbocycles. The number of amides is 2. The fraction of sp³-hybridized carbons (Fsp3) is 0.393. The molecule has 7 nitrogen and oxygen atoms in total. The third-order valence-corrected chi connectivity index (χ3v) is 7.69. The van der Waals surface area contributed by atoms with Crippen LogP contribution >= 0.6 is 22.9 Å². The summed E-state index contributed by atoms with van der Waals surface area (Å²) < 4.78 is 5.19. The number of hydrogen-bond acceptors (Lipinski definition) is 6. The number of halogens is 1. The van der Waals surface area contributed by atoms with Gasteiger partial charge in [0.15, 0.2) is 0 Å². The highest BCUT2D eigenvalue weighted by Crippen LogP contribution is 2.26. The normalized spacial score (nSPS) is 15.5. The summed E-state index contributed by atoms with van der Waals surface area (Å²) in [5.74, 6) is -0.113. The fourth-order valence-electron chi connectivity index (χ4n) is 4.65. The molecule has 2 aromatic carbocycles. The Morgan fingerprint density at radius 3 is 2.46 bits per heavy atom. The molecule has 0 spiro atoms. The maximum atomic E-state index is 13.6. The lowest BCUT2D eigenvalue weighted by molar-refractivity contribution is -0.122. The van der Waals surface area contributed by atoms with Crippen LogP contribution in [0.1, 0.15) is 39.3 Å². The maximum absolute atomic E-state index is 13.6. The fourth-order valence-corrected chi connectivity index (χ4v) is 5.55. The van der Waals surface area contributed by atoms with Gasteiger partial charge in [0.2, 0.25) is 0 Å². The zero-order valence-corrected chi connectivity index (χ0v) is 22.9. The van der Waals surface area contributed by atoms with E-state index >= 15 is 0 Å². The van der Waals surface area contributed by atoms with Crippen molar-refractivity contribution in [2.45, 2.75) is 32.9 Å². The minimum Gasteiger partial charge on any atom is -0.375 e. The first-order valence-electron chi connectivity index (χ1n) is 12.5. The predicted molar refractivity (Wildman–Crippen MR) is 148 cm³/mol. The third-order valence-electron chi connectivity index (χ3n) is 6.52. The highest BCUT2D eigenvalue weighted by Gasteiger charge is 2.25. The quantitative estimate of drug-likeness (QED) is 0.454. The number of carbonyl (C=O) groups is 2. The van der Waals surface area contributed by atoms with E-state index in [1.807, 2.05) is 65.3 Å². The Labute approximate surface area is 227 Å². The van der Waals surface area contributed by atoms with Crippen molar-refractivity contribution in [2.24, 2.45) is 0 Å². The molecule has 3 aromatic rings. The van der Waals surface area contributed by atoms with Crippen molar-refractivity contribution in [3.05, 3.63) is 80.8 Å². The molecule has 196 valence electrons. The van der Waals surface area contributed by atoms with E-state index in [-0.39, 0.29) is 18.4 Å². The molecule has 1 aromatic heterocycles. The minimum atomic E-state index is -0.0903. The van der Waals surface area contributed by atoms with Gasteiger partial charge in [-0.25, -0.2) is 4.98 Å². The van der Waals surface area contributed by atoms with Crippen molar-refractivity contribution in [2.75, 3.05) is 44.8 Å². The summed E-state index contributed by atoms with van der Waals surface area (Å²) in [5.41, 5.74) is 5.42. The van der Waals surface area contributed by atoms with E-state index in [1.165, 1.54) is 24.0 Å². The van der Waals surface area contributed by atoms with E-state index in [1.54, 1.807) is 5.51 Å². The number of aryl methyl sites for hydroxylation is 1. The number of thiazole rings is 1. The highest BCUT2D eigenvalue weighted by molar-refractivity contribution is 7.11. The smallest absolute Gasteiger partial charge is 0.266 e. The average molecular weight is 541 g/mol. The number of methoxy groups -OCH3 is 1. The second kappa shape index (κ2) is 13.1. The van der Waals surface area contributed by atoms with Crippen LogP contribution in [0.15, 0.2) is 54.0 Å². The Kier molecular flexibility index (Phi) is 9.68. The molecule has 2 heterocycles. The van der Waals surface area contributed by atoms with Crippen LogP contribution in [-0.4, -0.2) is 66.5 Å². The van der Waals surface area contributed by atoms with E-state index in [9.17, 15) is 9.59 Å². The van der Waals surface area contributed by atoms with Crippen molar-refractivity contribution < 1.29 is 14.3 Å². The maximum Gasteiger partial charge on any atom is 0.266 e. The van der Waals surface area contributed by atoms with Crippen LogP contribution in [0.25, 0.3) is 0 Å². The molecular formula is C28H33ClN4O3S. The number of aromatic nitrogens is 1. The summed E-state index contributed by atoms with van der Waals surface area (Å²) in [5, 5.41) is 0.718. The number of anilines is 1. The first kappa shape index (κ1) is 27.3. The largest absolute Gasteiger partial charge is 0.375 e. The molecule has 0 bridgehead atoms. The second-order valence-electron chi connectivity index (χ2n) is 9.21. The van der Waals surface area contributed by atoms with Crippen molar-refractivity contribution in [3.8, 4) is 0 Å². The monoisotopic (exact) mass is 540 g/mol. The first-order valence-corrected chi connectivity index (χ1v) is 13.8. The predicted octanol–water partition coefficient (Wildman–Crippen LogP) is 5.02. The molecule has 1 aliphatic heterocycles. The second-order valence-corrected chi connectivity index (χ2v) is 10.5. The molecule has 0 saturated heterocycles. The van der Waals surface area contributed by atoms with Gasteiger partial charge in [0.1, 0.15) is 11.5 Å². The number of para-hydroxylation sites is 1. The van der Waals surface area contributed by atoms with Crippen LogP contribution in [0.4, 0.5) is 5.69 Å². The SMILES string of the molecule is COCC(=O)N1CCCN(Cc2ccc(Cl)cc2)CCCN(C(=O)c2scnc2C)Cc2ccccc21. The van der Waals surface area contributed by atoms with Crippen molar-refractivity contribution >= 4 is 40.4 Å². The van der Waals surface area contributed by atoms with Crippen molar-refractivity contribution in [1.82, 2.24) is 14.8 Å². The number of nitrogens with zero attached hydrogens (tertiary/aromatic N) is 4. The van der Waals surface area contributed by atoms with Gasteiger partial charge in [-0.1, -0.05) is 41.9 Å². The number of ether oxygens (including phenoxy) is 1. The molecule has 1 aliphatic rings. The number of fused-ring (bicyclic) bond motifs is 1. The average Bonchev–Trinajstić information content (AvgIpc) is 3.32. The van der Waals surface area contributed by atoms with Crippen molar-refractivity contribution in [1.29, 1.82) is 0 Å². The molecule has 0 radical (unpaired) electrons. The summed E-state index contributed by atoms with van der Waals surface area (Å²) in [7, 11) is 1.53. The third kappa shape index (κ3) is 7.17. The Morgan fingerprint density at radius 2 is 1.76 bits per heavy atom. The Bertz CT molecular complexity index is 1200. The molecule has 0 fully saturated rings. The number of benzene rings is 2. The van der Waals surface area contributed by atoms with Gasteiger partial charge in [-0.3, -0.25) is 14.5 Å². The van der Waals surface area contributed by atoms with E-state index in [2.05, 4.69) is 9.88 Å². The number of rotatable bonds is 5. The van der Waals surface area contributed by atoms with Gasteiger partial charge in [-0.2, -0.15) is 0 Å². The van der Waals surface area contributed by atoms with E-state index in [0.717, 1.165) is 54.4 Å². The lowest BCUT2D eigenvalue weighted by Gasteiger charge is -2.31. The molecule has 2 amide bonds. The molecule has 0 unspecified atom stereocenters.